The first-order chi connectivity index (χ1) is 4.67. The van der Waals surface area contributed by atoms with Crippen LogP contribution in [0.15, 0.2) is 0 Å². The first-order valence-corrected chi connectivity index (χ1v) is 4.52. The minimum Gasteiger partial charge on any atom is -0.228 e. The lowest BCUT2D eigenvalue weighted by atomic mass is 10.1. The molecule has 0 aromatic heterocycles. The van der Waals surface area contributed by atoms with Gasteiger partial charge in [0.1, 0.15) is 0 Å². The maximum atomic E-state index is 11.7. The van der Waals surface area contributed by atoms with Gasteiger partial charge in [-0.2, -0.15) is 0 Å². The van der Waals surface area contributed by atoms with E-state index in [1.807, 2.05) is 0 Å². The molecule has 2 N–H and O–H groups in total. The molecule has 0 heterocycles. The Labute approximate surface area is 64.6 Å². The number of sulfonamides is 1. The Hall–Kier alpha value is -0.230. The van der Waals surface area contributed by atoms with Crippen LogP contribution in [-0.2, 0) is 10.0 Å². The van der Waals surface area contributed by atoms with Crippen molar-refractivity contribution in [1.29, 1.82) is 0 Å². The van der Waals surface area contributed by atoms with Crippen molar-refractivity contribution in [2.24, 2.45) is 5.14 Å². The topological polar surface area (TPSA) is 60.2 Å². The molecule has 6 heteroatoms. The monoisotopic (exact) mass is 187 g/mol. The standard InChI is InChI=1S/C5H11F2NO2S/c1-5(2,3-4(6)7)11(8,9)10/h4H,3H2,1-2H3,(H2,8,9,10). The van der Waals surface area contributed by atoms with Crippen LogP contribution in [0.2, 0.25) is 0 Å². The Balaban J connectivity index is 4.49. The fourth-order valence-corrected chi connectivity index (χ4v) is 0.846. The number of nitrogens with two attached hydrogens (primary N) is 1. The van der Waals surface area contributed by atoms with E-state index in [-0.39, 0.29) is 0 Å². The van der Waals surface area contributed by atoms with Gasteiger partial charge in [0.25, 0.3) is 0 Å². The third kappa shape index (κ3) is 3.11. The maximum Gasteiger partial charge on any atom is 0.240 e. The summed E-state index contributed by atoms with van der Waals surface area (Å²) in [6, 6.07) is 0. The van der Waals surface area contributed by atoms with E-state index in [4.69, 9.17) is 5.14 Å². The zero-order valence-electron chi connectivity index (χ0n) is 6.34. The van der Waals surface area contributed by atoms with Crippen molar-refractivity contribution in [1.82, 2.24) is 0 Å². The van der Waals surface area contributed by atoms with Crippen LogP contribution in [0.5, 0.6) is 0 Å². The predicted molar refractivity (Wildman–Crippen MR) is 37.8 cm³/mol. The fourth-order valence-electron chi connectivity index (χ4n) is 0.488. The molecule has 68 valence electrons. The van der Waals surface area contributed by atoms with E-state index in [0.717, 1.165) is 0 Å². The molecule has 0 bridgehead atoms. The van der Waals surface area contributed by atoms with E-state index in [2.05, 4.69) is 0 Å². The molecule has 0 aliphatic heterocycles. The van der Waals surface area contributed by atoms with Gasteiger partial charge in [0.15, 0.2) is 0 Å². The van der Waals surface area contributed by atoms with Gasteiger partial charge < -0.3 is 0 Å². The molecule has 0 atom stereocenters. The molecule has 0 aromatic carbocycles. The van der Waals surface area contributed by atoms with Gasteiger partial charge in [-0.25, -0.2) is 22.3 Å². The van der Waals surface area contributed by atoms with Crippen LogP contribution in [0.3, 0.4) is 0 Å². The highest BCUT2D eigenvalue weighted by molar-refractivity contribution is 7.90. The third-order valence-corrected chi connectivity index (χ3v) is 3.12. The average molecular weight is 187 g/mol. The smallest absolute Gasteiger partial charge is 0.228 e. The lowest BCUT2D eigenvalue weighted by Gasteiger charge is -2.20. The second-order valence-electron chi connectivity index (χ2n) is 2.90. The molecule has 0 saturated carbocycles. The summed E-state index contributed by atoms with van der Waals surface area (Å²) in [6.45, 7) is 2.35. The molecule has 0 aromatic rings. The van der Waals surface area contributed by atoms with Gasteiger partial charge in [0, 0.05) is 6.42 Å². The minimum atomic E-state index is -3.88. The summed E-state index contributed by atoms with van der Waals surface area (Å²) >= 11 is 0. The molecular weight excluding hydrogens is 176 g/mol. The predicted octanol–water partition coefficient (Wildman–Crippen LogP) is 0.709. The maximum absolute atomic E-state index is 11.7. The second-order valence-corrected chi connectivity index (χ2v) is 5.10. The van der Waals surface area contributed by atoms with Crippen molar-refractivity contribution >= 4 is 10.0 Å². The van der Waals surface area contributed by atoms with Crippen molar-refractivity contribution in [3.05, 3.63) is 0 Å². The SMILES string of the molecule is CC(C)(CC(F)F)S(N)(=O)=O. The number of halogens is 2. The summed E-state index contributed by atoms with van der Waals surface area (Å²) in [7, 11) is -3.88. The number of alkyl halides is 2. The summed E-state index contributed by atoms with van der Waals surface area (Å²) in [5, 5.41) is 4.70. The highest BCUT2D eigenvalue weighted by Crippen LogP contribution is 2.21. The van der Waals surface area contributed by atoms with E-state index < -0.39 is 27.6 Å². The van der Waals surface area contributed by atoms with Gasteiger partial charge >= 0.3 is 0 Å². The fraction of sp³-hybridized carbons (Fsp3) is 1.00. The lowest BCUT2D eigenvalue weighted by Crippen LogP contribution is -2.39. The van der Waals surface area contributed by atoms with Gasteiger partial charge in [0.2, 0.25) is 16.4 Å². The lowest BCUT2D eigenvalue weighted by molar-refractivity contribution is 0.126. The number of hydrogen-bond acceptors (Lipinski definition) is 2. The first-order valence-electron chi connectivity index (χ1n) is 2.97. The van der Waals surface area contributed by atoms with Crippen molar-refractivity contribution < 1.29 is 17.2 Å². The van der Waals surface area contributed by atoms with Crippen LogP contribution >= 0.6 is 0 Å². The Kier molecular flexibility index (Phi) is 2.96. The minimum absolute atomic E-state index is 0.730. The molecule has 0 rings (SSSR count). The quantitative estimate of drug-likeness (QED) is 0.707. The molecule has 0 aliphatic rings. The normalized spacial score (nSPS) is 14.0. The Morgan fingerprint density at radius 2 is 1.82 bits per heavy atom. The first kappa shape index (κ1) is 10.8. The summed E-state index contributed by atoms with van der Waals surface area (Å²) in [5.74, 6) is 0. The van der Waals surface area contributed by atoms with Crippen LogP contribution in [-0.4, -0.2) is 19.6 Å². The molecule has 11 heavy (non-hydrogen) atoms. The number of rotatable bonds is 3. The van der Waals surface area contributed by atoms with Gasteiger partial charge in [-0.15, -0.1) is 0 Å². The third-order valence-electron chi connectivity index (χ3n) is 1.42. The van der Waals surface area contributed by atoms with E-state index >= 15 is 0 Å². The van der Waals surface area contributed by atoms with Crippen molar-refractivity contribution in [3.63, 3.8) is 0 Å². The summed E-state index contributed by atoms with van der Waals surface area (Å²) in [5.41, 5.74) is 0. The van der Waals surface area contributed by atoms with Crippen LogP contribution in [0, 0.1) is 0 Å². The molecule has 0 fully saturated rings. The Bertz CT molecular complexity index is 223. The van der Waals surface area contributed by atoms with Gasteiger partial charge in [0.05, 0.1) is 4.75 Å². The number of hydrogen-bond donors (Lipinski definition) is 1. The van der Waals surface area contributed by atoms with Gasteiger partial charge in [-0.1, -0.05) is 0 Å². The van der Waals surface area contributed by atoms with Crippen LogP contribution in [0.4, 0.5) is 8.78 Å². The average Bonchev–Trinajstić information content (AvgIpc) is 1.56. The van der Waals surface area contributed by atoms with Crippen molar-refractivity contribution in [3.8, 4) is 0 Å². The van der Waals surface area contributed by atoms with E-state index in [0.29, 0.717) is 0 Å². The molecule has 0 radical (unpaired) electrons. The zero-order valence-corrected chi connectivity index (χ0v) is 7.16. The van der Waals surface area contributed by atoms with Crippen LogP contribution < -0.4 is 5.14 Å². The largest absolute Gasteiger partial charge is 0.240 e. The van der Waals surface area contributed by atoms with Crippen molar-refractivity contribution in [2.45, 2.75) is 31.4 Å². The molecule has 3 nitrogen and oxygen atoms in total. The number of primary sulfonamides is 1. The Morgan fingerprint density at radius 3 is 1.91 bits per heavy atom. The Morgan fingerprint density at radius 1 is 1.45 bits per heavy atom. The highest BCUT2D eigenvalue weighted by Gasteiger charge is 2.34. The zero-order chi connectivity index (χ0) is 9.28. The summed E-state index contributed by atoms with van der Waals surface area (Å²) in [6.07, 6.45) is -3.38. The van der Waals surface area contributed by atoms with E-state index in [1.54, 1.807) is 0 Å². The second kappa shape index (κ2) is 3.02. The van der Waals surface area contributed by atoms with Crippen LogP contribution in [0.25, 0.3) is 0 Å². The molecule has 0 amide bonds. The molecule has 0 spiro atoms. The van der Waals surface area contributed by atoms with Gasteiger partial charge in [-0.3, -0.25) is 0 Å². The van der Waals surface area contributed by atoms with Gasteiger partial charge in [-0.05, 0) is 13.8 Å². The molecule has 0 unspecified atom stereocenters. The van der Waals surface area contributed by atoms with E-state index in [9.17, 15) is 17.2 Å². The van der Waals surface area contributed by atoms with Crippen LogP contribution in [0.1, 0.15) is 20.3 Å². The van der Waals surface area contributed by atoms with Crippen molar-refractivity contribution in [2.75, 3.05) is 0 Å². The molecular formula is C5H11F2NO2S. The summed E-state index contributed by atoms with van der Waals surface area (Å²) in [4.78, 5) is 0. The van der Waals surface area contributed by atoms with E-state index in [1.165, 1.54) is 13.8 Å². The summed E-state index contributed by atoms with van der Waals surface area (Å²) < 4.78 is 43.2. The molecule has 0 saturated heterocycles. The highest BCUT2D eigenvalue weighted by atomic mass is 32.2. The molecule has 0 aliphatic carbocycles.